The third kappa shape index (κ3) is 3.82. The lowest BCUT2D eigenvalue weighted by Gasteiger charge is -2.20. The molecule has 1 saturated carbocycles. The van der Waals surface area contributed by atoms with Crippen LogP contribution in [0.1, 0.15) is 41.7 Å². The van der Waals surface area contributed by atoms with Crippen molar-refractivity contribution in [2.75, 3.05) is 20.1 Å². The fourth-order valence-electron chi connectivity index (χ4n) is 2.61. The van der Waals surface area contributed by atoms with Crippen molar-refractivity contribution in [3.63, 3.8) is 0 Å². The molecule has 1 aromatic rings. The zero-order chi connectivity index (χ0) is 14.4. The van der Waals surface area contributed by atoms with Crippen LogP contribution >= 0.6 is 0 Å². The molecule has 2 N–H and O–H groups in total. The van der Waals surface area contributed by atoms with Crippen LogP contribution in [0.4, 0.5) is 0 Å². The quantitative estimate of drug-likeness (QED) is 0.850. The topological polar surface area (TPSA) is 59.2 Å². The first-order valence-electron chi connectivity index (χ1n) is 7.11. The molecule has 1 amide bonds. The summed E-state index contributed by atoms with van der Waals surface area (Å²) in [5, 5.41) is 0. The van der Waals surface area contributed by atoms with E-state index in [2.05, 4.69) is 16.8 Å². The predicted molar refractivity (Wildman–Crippen MR) is 79.1 cm³/mol. The van der Waals surface area contributed by atoms with E-state index in [9.17, 15) is 4.79 Å². The van der Waals surface area contributed by atoms with E-state index in [0.717, 1.165) is 12.1 Å². The van der Waals surface area contributed by atoms with E-state index >= 15 is 0 Å². The molecule has 1 heterocycles. The molecule has 106 valence electrons. The number of aromatic nitrogens is 1. The summed E-state index contributed by atoms with van der Waals surface area (Å²) in [5.74, 6) is 6.30. The summed E-state index contributed by atoms with van der Waals surface area (Å²) in [5.41, 5.74) is 6.58. The van der Waals surface area contributed by atoms with Crippen molar-refractivity contribution >= 4 is 5.91 Å². The molecule has 0 unspecified atom stereocenters. The van der Waals surface area contributed by atoms with Crippen molar-refractivity contribution in [1.29, 1.82) is 0 Å². The molecule has 4 nitrogen and oxygen atoms in total. The molecule has 1 fully saturated rings. The summed E-state index contributed by atoms with van der Waals surface area (Å²) in [6, 6.07) is 3.54. The highest BCUT2D eigenvalue weighted by molar-refractivity contribution is 5.92. The van der Waals surface area contributed by atoms with Gasteiger partial charge in [-0.3, -0.25) is 4.79 Å². The number of hydrogen-bond donors (Lipinski definition) is 1. The van der Waals surface area contributed by atoms with Gasteiger partial charge in [-0.2, -0.15) is 0 Å². The minimum Gasteiger partial charge on any atom is -0.340 e. The highest BCUT2D eigenvalue weighted by Crippen LogP contribution is 2.25. The van der Waals surface area contributed by atoms with Crippen LogP contribution < -0.4 is 5.73 Å². The van der Waals surface area contributed by atoms with Crippen LogP contribution in [0.25, 0.3) is 0 Å². The monoisotopic (exact) mass is 271 g/mol. The molecule has 20 heavy (non-hydrogen) atoms. The molecule has 2 rings (SSSR count). The van der Waals surface area contributed by atoms with Gasteiger partial charge >= 0.3 is 0 Å². The molecule has 0 atom stereocenters. The van der Waals surface area contributed by atoms with E-state index in [1.807, 2.05) is 13.1 Å². The molecule has 0 saturated heterocycles. The first-order valence-corrected chi connectivity index (χ1v) is 7.11. The molecule has 4 heteroatoms. The van der Waals surface area contributed by atoms with Crippen molar-refractivity contribution in [2.24, 2.45) is 11.7 Å². The van der Waals surface area contributed by atoms with E-state index < -0.39 is 0 Å². The molecule has 0 radical (unpaired) electrons. The Kier molecular flexibility index (Phi) is 5.14. The van der Waals surface area contributed by atoms with Crippen LogP contribution in [0, 0.1) is 17.8 Å². The fourth-order valence-corrected chi connectivity index (χ4v) is 2.61. The molecule has 1 aliphatic carbocycles. The van der Waals surface area contributed by atoms with Crippen molar-refractivity contribution in [3.8, 4) is 11.8 Å². The summed E-state index contributed by atoms with van der Waals surface area (Å²) in [4.78, 5) is 18.2. The first-order chi connectivity index (χ1) is 9.70. The largest absolute Gasteiger partial charge is 0.340 e. The normalized spacial score (nSPS) is 14.7. The van der Waals surface area contributed by atoms with Gasteiger partial charge in [0.15, 0.2) is 0 Å². The minimum absolute atomic E-state index is 0.0183. The lowest BCUT2D eigenvalue weighted by Crippen LogP contribution is -2.31. The standard InChI is InChI=1S/C16H21N3O/c1-19(12-14-5-2-3-6-14)16(20)15-9-8-13(11-18-15)7-4-10-17/h8-9,11,14H,2-3,5-6,10,12,17H2,1H3. The summed E-state index contributed by atoms with van der Waals surface area (Å²) >= 11 is 0. The number of nitrogens with two attached hydrogens (primary N) is 1. The molecular formula is C16H21N3O. The second-order valence-electron chi connectivity index (χ2n) is 5.27. The SMILES string of the molecule is CN(CC1CCCC1)C(=O)c1ccc(C#CCN)cn1. The highest BCUT2D eigenvalue weighted by atomic mass is 16.2. The van der Waals surface area contributed by atoms with E-state index in [4.69, 9.17) is 5.73 Å². The van der Waals surface area contributed by atoms with Gasteiger partial charge in [0.05, 0.1) is 6.54 Å². The molecule has 0 aliphatic heterocycles. The average molecular weight is 271 g/mol. The van der Waals surface area contributed by atoms with Crippen LogP contribution in [0.3, 0.4) is 0 Å². The molecule has 0 aromatic carbocycles. The molecule has 0 bridgehead atoms. The Morgan fingerprint density at radius 2 is 2.20 bits per heavy atom. The molecule has 0 spiro atoms. The maximum absolute atomic E-state index is 12.3. The van der Waals surface area contributed by atoms with Crippen molar-refractivity contribution in [3.05, 3.63) is 29.6 Å². The minimum atomic E-state index is -0.0183. The Morgan fingerprint density at radius 3 is 2.80 bits per heavy atom. The van der Waals surface area contributed by atoms with Gasteiger partial charge in [0.1, 0.15) is 5.69 Å². The summed E-state index contributed by atoms with van der Waals surface area (Å²) in [6.45, 7) is 1.15. The number of hydrogen-bond acceptors (Lipinski definition) is 3. The molecular weight excluding hydrogens is 250 g/mol. The highest BCUT2D eigenvalue weighted by Gasteiger charge is 2.20. The summed E-state index contributed by atoms with van der Waals surface area (Å²) in [6.07, 6.45) is 6.68. The van der Waals surface area contributed by atoms with E-state index in [0.29, 0.717) is 18.2 Å². The Labute approximate surface area is 120 Å². The number of carbonyl (C=O) groups is 1. The molecule has 1 aromatic heterocycles. The van der Waals surface area contributed by atoms with Gasteiger partial charge < -0.3 is 10.6 Å². The van der Waals surface area contributed by atoms with E-state index in [1.165, 1.54) is 25.7 Å². The van der Waals surface area contributed by atoms with E-state index in [1.54, 1.807) is 17.2 Å². The second kappa shape index (κ2) is 7.06. The van der Waals surface area contributed by atoms with Crippen molar-refractivity contribution in [1.82, 2.24) is 9.88 Å². The van der Waals surface area contributed by atoms with Gasteiger partial charge in [-0.05, 0) is 30.9 Å². The van der Waals surface area contributed by atoms with Crippen LogP contribution in [0.2, 0.25) is 0 Å². The molecule has 1 aliphatic rings. The number of carbonyl (C=O) groups excluding carboxylic acids is 1. The predicted octanol–water partition coefficient (Wildman–Crippen LogP) is 1.65. The Hall–Kier alpha value is -1.86. The van der Waals surface area contributed by atoms with Gasteiger partial charge in [0.25, 0.3) is 5.91 Å². The maximum atomic E-state index is 12.3. The zero-order valence-corrected chi connectivity index (χ0v) is 11.9. The third-order valence-corrected chi connectivity index (χ3v) is 3.67. The maximum Gasteiger partial charge on any atom is 0.272 e. The van der Waals surface area contributed by atoms with Gasteiger partial charge in [0, 0.05) is 25.4 Å². The number of nitrogens with zero attached hydrogens (tertiary/aromatic N) is 2. The Balaban J connectivity index is 1.97. The lowest BCUT2D eigenvalue weighted by molar-refractivity contribution is 0.0767. The van der Waals surface area contributed by atoms with Crippen LogP contribution in [0.15, 0.2) is 18.3 Å². The first kappa shape index (κ1) is 14.5. The Bertz CT molecular complexity index is 507. The van der Waals surface area contributed by atoms with Crippen LogP contribution in [-0.2, 0) is 0 Å². The van der Waals surface area contributed by atoms with Gasteiger partial charge in [-0.25, -0.2) is 4.98 Å². The average Bonchev–Trinajstić information content (AvgIpc) is 2.97. The number of rotatable bonds is 3. The van der Waals surface area contributed by atoms with Crippen LogP contribution in [-0.4, -0.2) is 35.9 Å². The van der Waals surface area contributed by atoms with E-state index in [-0.39, 0.29) is 5.91 Å². The number of amides is 1. The van der Waals surface area contributed by atoms with Gasteiger partial charge in [0.2, 0.25) is 0 Å². The summed E-state index contributed by atoms with van der Waals surface area (Å²) in [7, 11) is 1.85. The van der Waals surface area contributed by atoms with Crippen molar-refractivity contribution < 1.29 is 4.79 Å². The second-order valence-corrected chi connectivity index (χ2v) is 5.27. The van der Waals surface area contributed by atoms with Crippen molar-refractivity contribution in [2.45, 2.75) is 25.7 Å². The summed E-state index contributed by atoms with van der Waals surface area (Å²) < 4.78 is 0. The zero-order valence-electron chi connectivity index (χ0n) is 11.9. The third-order valence-electron chi connectivity index (χ3n) is 3.67. The van der Waals surface area contributed by atoms with Crippen LogP contribution in [0.5, 0.6) is 0 Å². The Morgan fingerprint density at radius 1 is 1.45 bits per heavy atom. The fraction of sp³-hybridized carbons (Fsp3) is 0.500. The smallest absolute Gasteiger partial charge is 0.272 e. The van der Waals surface area contributed by atoms with Gasteiger partial charge in [-0.1, -0.05) is 24.7 Å². The lowest BCUT2D eigenvalue weighted by atomic mass is 10.1. The number of pyridine rings is 1. The van der Waals surface area contributed by atoms with Gasteiger partial charge in [-0.15, -0.1) is 0 Å².